The van der Waals surface area contributed by atoms with E-state index >= 15 is 0 Å². The van der Waals surface area contributed by atoms with Crippen LogP contribution in [0.25, 0.3) is 0 Å². The van der Waals surface area contributed by atoms with E-state index in [1.807, 2.05) is 64.1 Å². The molecule has 2 heterocycles. The van der Waals surface area contributed by atoms with Crippen molar-refractivity contribution in [3.05, 3.63) is 108 Å². The molecule has 308 valence electrons. The fraction of sp³-hybridized carbons (Fsp3) is 0.300. The molecule has 4 N–H and O–H groups in total. The zero-order valence-corrected chi connectivity index (χ0v) is 34.1. The predicted octanol–water partition coefficient (Wildman–Crippen LogP) is 6.05. The molecule has 0 aromatic heterocycles. The Morgan fingerprint density at radius 2 is 1.09 bits per heavy atom. The van der Waals surface area contributed by atoms with Gasteiger partial charge in [-0.05, 0) is 137 Å². The van der Waals surface area contributed by atoms with Gasteiger partial charge in [-0.3, -0.25) is 0 Å². The van der Waals surface area contributed by atoms with Crippen molar-refractivity contribution in [3.63, 3.8) is 0 Å². The average Bonchev–Trinajstić information content (AvgIpc) is 3.82. The van der Waals surface area contributed by atoms with Crippen LogP contribution in [0.1, 0.15) is 50.7 Å². The number of nitrogens with one attached hydrogen (secondary N) is 2. The zero-order chi connectivity index (χ0) is 43.3. The summed E-state index contributed by atoms with van der Waals surface area (Å²) in [5, 5.41) is 5.46. The third-order valence-electron chi connectivity index (χ3n) is 8.64. The SMILES string of the molecule is C[C@@H]1CCCN1S(=O)(=O)c1ccc(N)cc1.Cc1cccc(N=C=O)c1.Cc1cccc(NC(=O)Nc2ccc(S(=O)(=O)N3CCC[C@H]3C)cc2)c1.O=C=O.O=C=O. The highest BCUT2D eigenvalue weighted by Crippen LogP contribution is 2.27. The number of aryl methyl sites for hydroxylation is 2. The Morgan fingerprint density at radius 1 is 0.655 bits per heavy atom. The van der Waals surface area contributed by atoms with E-state index in [2.05, 4.69) is 15.6 Å². The van der Waals surface area contributed by atoms with Gasteiger partial charge in [-0.15, -0.1) is 0 Å². The fourth-order valence-electron chi connectivity index (χ4n) is 5.92. The number of aliphatic imine (C=N–C) groups is 1. The molecule has 0 aliphatic carbocycles. The maximum Gasteiger partial charge on any atom is 0.373 e. The molecule has 2 saturated heterocycles. The molecule has 6 rings (SSSR count). The Kier molecular flexibility index (Phi) is 19.8. The maximum atomic E-state index is 12.7. The number of sulfonamides is 2. The summed E-state index contributed by atoms with van der Waals surface area (Å²) >= 11 is 0. The van der Waals surface area contributed by atoms with Crippen LogP contribution >= 0.6 is 0 Å². The van der Waals surface area contributed by atoms with Crippen LogP contribution in [0.3, 0.4) is 0 Å². The van der Waals surface area contributed by atoms with E-state index in [9.17, 15) is 26.4 Å². The minimum Gasteiger partial charge on any atom is -0.399 e. The van der Waals surface area contributed by atoms with E-state index in [1.54, 1.807) is 57.1 Å². The number of carbonyl (C=O) groups is 1. The van der Waals surface area contributed by atoms with E-state index in [0.29, 0.717) is 40.7 Å². The molecule has 2 atom stereocenters. The lowest BCUT2D eigenvalue weighted by molar-refractivity contribution is -0.193. The number of hydrogen-bond acceptors (Lipinski definition) is 12. The summed E-state index contributed by atoms with van der Waals surface area (Å²) < 4.78 is 52.9. The highest BCUT2D eigenvalue weighted by molar-refractivity contribution is 7.89. The van der Waals surface area contributed by atoms with E-state index in [1.165, 1.54) is 18.2 Å². The number of rotatable bonds is 7. The number of nitrogens with zero attached hydrogens (tertiary/aromatic N) is 3. The summed E-state index contributed by atoms with van der Waals surface area (Å²) in [6.45, 7) is 8.95. The second-order valence-electron chi connectivity index (χ2n) is 13.0. The quantitative estimate of drug-likeness (QED) is 0.110. The monoisotopic (exact) mass is 834 g/mol. The summed E-state index contributed by atoms with van der Waals surface area (Å²) in [5.74, 6) is 0. The van der Waals surface area contributed by atoms with Crippen molar-refractivity contribution in [1.29, 1.82) is 0 Å². The van der Waals surface area contributed by atoms with Crippen molar-refractivity contribution in [1.82, 2.24) is 8.61 Å². The minimum atomic E-state index is -3.48. The molecule has 0 spiro atoms. The molecule has 4 aromatic carbocycles. The number of isocyanates is 1. The first-order valence-electron chi connectivity index (χ1n) is 17.8. The van der Waals surface area contributed by atoms with Crippen molar-refractivity contribution in [3.8, 4) is 0 Å². The molecule has 2 fully saturated rings. The van der Waals surface area contributed by atoms with E-state index < -0.39 is 20.0 Å². The number of urea groups is 1. The van der Waals surface area contributed by atoms with Crippen LogP contribution in [0.15, 0.2) is 112 Å². The first-order valence-corrected chi connectivity index (χ1v) is 20.7. The van der Waals surface area contributed by atoms with Gasteiger partial charge < -0.3 is 16.4 Å². The lowest BCUT2D eigenvalue weighted by Gasteiger charge is -2.21. The zero-order valence-electron chi connectivity index (χ0n) is 32.5. The van der Waals surface area contributed by atoms with Crippen LogP contribution in [0.5, 0.6) is 0 Å². The number of nitrogens with two attached hydrogens (primary N) is 1. The second-order valence-corrected chi connectivity index (χ2v) is 16.7. The van der Waals surface area contributed by atoms with Crippen LogP contribution in [0.2, 0.25) is 0 Å². The van der Waals surface area contributed by atoms with Crippen molar-refractivity contribution in [2.24, 2.45) is 4.99 Å². The minimum absolute atomic E-state index is 0.0258. The molecule has 58 heavy (non-hydrogen) atoms. The maximum absolute atomic E-state index is 12.7. The van der Waals surface area contributed by atoms with Gasteiger partial charge in [0.25, 0.3) is 0 Å². The molecule has 0 saturated carbocycles. The van der Waals surface area contributed by atoms with Gasteiger partial charge in [-0.2, -0.15) is 32.8 Å². The highest BCUT2D eigenvalue weighted by atomic mass is 32.2. The number of anilines is 3. The molecule has 2 amide bonds. The molecule has 16 nitrogen and oxygen atoms in total. The van der Waals surface area contributed by atoms with Gasteiger partial charge >= 0.3 is 18.3 Å². The van der Waals surface area contributed by atoms with Gasteiger partial charge in [-0.1, -0.05) is 24.3 Å². The lowest BCUT2D eigenvalue weighted by atomic mass is 10.2. The van der Waals surface area contributed by atoms with Gasteiger partial charge in [-0.25, -0.2) is 26.4 Å². The van der Waals surface area contributed by atoms with E-state index in [4.69, 9.17) is 24.9 Å². The van der Waals surface area contributed by atoms with Crippen LogP contribution in [0, 0.1) is 13.8 Å². The molecule has 4 aromatic rings. The summed E-state index contributed by atoms with van der Waals surface area (Å²) in [6, 6.07) is 27.3. The second kappa shape index (κ2) is 23.9. The Hall–Kier alpha value is -6.09. The molecular formula is C40H46N6O10S2. The summed E-state index contributed by atoms with van der Waals surface area (Å²) in [6.07, 6.45) is 5.64. The predicted molar refractivity (Wildman–Crippen MR) is 215 cm³/mol. The van der Waals surface area contributed by atoms with Gasteiger partial charge in [0, 0.05) is 42.2 Å². The van der Waals surface area contributed by atoms with Gasteiger partial charge in [0.1, 0.15) is 0 Å². The number of hydrogen-bond donors (Lipinski definition) is 3. The third kappa shape index (κ3) is 15.1. The van der Waals surface area contributed by atoms with Crippen LogP contribution in [-0.4, -0.2) is 75.0 Å². The van der Waals surface area contributed by atoms with Gasteiger partial charge in [0.2, 0.25) is 26.1 Å². The molecule has 0 unspecified atom stereocenters. The van der Waals surface area contributed by atoms with Crippen molar-refractivity contribution in [2.45, 2.75) is 75.3 Å². The number of carbonyl (C=O) groups excluding carboxylic acids is 6. The summed E-state index contributed by atoms with van der Waals surface area (Å²) in [5.41, 5.74) is 10.2. The fourth-order valence-corrected chi connectivity index (χ4v) is 9.31. The van der Waals surface area contributed by atoms with Crippen LogP contribution < -0.4 is 16.4 Å². The molecule has 18 heteroatoms. The topological polar surface area (TPSA) is 240 Å². The standard InChI is InChI=1S/C19H23N3O3S.C11H16N2O2S.C8H7NO.2CO2/c1-14-5-3-7-17(13-14)21-19(23)20-16-8-10-18(11-9-16)26(24,25)22-12-4-6-15(22)2;1-9-3-2-8-13(9)16(14,15)11-6-4-10(12)5-7-11;1-7-3-2-4-8(5-7)9-6-10;2*2-1-3/h3,5,7-11,13,15H,4,6,12H2,1-2H3,(H2,20,21,23);4-7,9H,2-3,8,12H2,1H3;2-5H,1H3;;/t15-;9-;;;/m11.../s1. The Bertz CT molecular complexity index is 2270. The van der Waals surface area contributed by atoms with Crippen molar-refractivity contribution in [2.75, 3.05) is 29.5 Å². The van der Waals surface area contributed by atoms with Gasteiger partial charge in [0.05, 0.1) is 15.5 Å². The van der Waals surface area contributed by atoms with Crippen molar-refractivity contribution >= 4 is 67.2 Å². The molecule has 0 radical (unpaired) electrons. The Balaban J connectivity index is 0.000000307. The number of nitrogen functional groups attached to an aromatic ring is 1. The Labute approximate surface area is 338 Å². The lowest BCUT2D eigenvalue weighted by Crippen LogP contribution is -2.33. The largest absolute Gasteiger partial charge is 0.399 e. The molecule has 2 aliphatic rings. The molecule has 2 aliphatic heterocycles. The Morgan fingerprint density at radius 3 is 1.50 bits per heavy atom. The third-order valence-corrected chi connectivity index (χ3v) is 12.7. The van der Waals surface area contributed by atoms with Gasteiger partial charge in [0.15, 0.2) is 0 Å². The smallest absolute Gasteiger partial charge is 0.373 e. The summed E-state index contributed by atoms with van der Waals surface area (Å²) in [4.78, 5) is 58.4. The van der Waals surface area contributed by atoms with Crippen molar-refractivity contribution < 1.29 is 45.6 Å². The number of amides is 2. The summed E-state index contributed by atoms with van der Waals surface area (Å²) in [7, 11) is -6.81. The average molecular weight is 835 g/mol. The van der Waals surface area contributed by atoms with Crippen LogP contribution in [0.4, 0.5) is 27.5 Å². The molecule has 0 bridgehead atoms. The first kappa shape index (κ1) is 48.1. The normalized spacial score (nSPS) is 15.9. The highest BCUT2D eigenvalue weighted by Gasteiger charge is 2.33. The molecular weight excluding hydrogens is 789 g/mol. The van der Waals surface area contributed by atoms with E-state index in [0.717, 1.165) is 36.8 Å². The number of benzene rings is 4. The first-order chi connectivity index (χ1) is 27.5. The van der Waals surface area contributed by atoms with E-state index in [-0.39, 0.29) is 35.3 Å². The van der Waals surface area contributed by atoms with Crippen LogP contribution in [-0.2, 0) is 44.0 Å².